The van der Waals surface area contributed by atoms with Crippen molar-refractivity contribution in [1.29, 1.82) is 10.5 Å². The van der Waals surface area contributed by atoms with Gasteiger partial charge in [0, 0.05) is 5.41 Å². The van der Waals surface area contributed by atoms with Gasteiger partial charge in [0.05, 0.1) is 12.1 Å². The first-order valence-electron chi connectivity index (χ1n) is 5.97. The molecule has 0 heterocycles. The van der Waals surface area contributed by atoms with Crippen molar-refractivity contribution in [3.63, 3.8) is 0 Å². The maximum Gasteiger partial charge on any atom is 0.154 e. The molecule has 2 aromatic rings. The van der Waals surface area contributed by atoms with E-state index in [9.17, 15) is 10.5 Å². The Morgan fingerprint density at radius 1 is 1.00 bits per heavy atom. The number of hydrogen-bond acceptors (Lipinski definition) is 2. The van der Waals surface area contributed by atoms with E-state index in [2.05, 4.69) is 36.4 Å². The van der Waals surface area contributed by atoms with Gasteiger partial charge in [-0.3, -0.25) is 0 Å². The summed E-state index contributed by atoms with van der Waals surface area (Å²) in [5.41, 5.74) is -0.0694. The number of benzene rings is 2. The summed E-state index contributed by atoms with van der Waals surface area (Å²) in [5.74, 6) is 0. The Hall–Kier alpha value is -2.32. The van der Waals surface area contributed by atoms with Crippen molar-refractivity contribution in [3.05, 3.63) is 48.0 Å². The molecule has 0 radical (unpaired) electrons. The van der Waals surface area contributed by atoms with Crippen molar-refractivity contribution in [2.45, 2.75) is 18.8 Å². The van der Waals surface area contributed by atoms with Gasteiger partial charge in [0.1, 0.15) is 0 Å². The first kappa shape index (κ1) is 10.8. The lowest BCUT2D eigenvalue weighted by Gasteiger charge is -2.12. The molecule has 0 aromatic heterocycles. The van der Waals surface area contributed by atoms with Crippen LogP contribution in [0.2, 0.25) is 0 Å². The highest BCUT2D eigenvalue weighted by molar-refractivity contribution is 5.83. The minimum atomic E-state index is -0.838. The zero-order valence-electron chi connectivity index (χ0n) is 10.1. The molecule has 1 saturated carbocycles. The lowest BCUT2D eigenvalue weighted by atomic mass is 9.88. The summed E-state index contributed by atoms with van der Waals surface area (Å²) in [5, 5.41) is 20.7. The summed E-state index contributed by atoms with van der Waals surface area (Å²) >= 11 is 0. The molecule has 2 nitrogen and oxygen atoms in total. The van der Waals surface area contributed by atoms with Crippen molar-refractivity contribution in [1.82, 2.24) is 0 Å². The second-order valence-corrected chi connectivity index (χ2v) is 5.20. The Morgan fingerprint density at radius 2 is 1.67 bits per heavy atom. The van der Waals surface area contributed by atoms with E-state index in [0.29, 0.717) is 6.42 Å². The molecule has 86 valence electrons. The summed E-state index contributed by atoms with van der Waals surface area (Å²) in [6.45, 7) is 2.00. The molecule has 0 spiro atoms. The van der Waals surface area contributed by atoms with Crippen LogP contribution in [0, 0.1) is 28.1 Å². The van der Waals surface area contributed by atoms with E-state index in [1.165, 1.54) is 5.39 Å². The molecule has 1 unspecified atom stereocenters. The highest BCUT2D eigenvalue weighted by Crippen LogP contribution is 2.63. The van der Waals surface area contributed by atoms with E-state index in [0.717, 1.165) is 10.9 Å². The van der Waals surface area contributed by atoms with Crippen LogP contribution in [0.3, 0.4) is 0 Å². The number of nitrogens with zero attached hydrogens (tertiary/aromatic N) is 2. The molecule has 1 aliphatic carbocycles. The van der Waals surface area contributed by atoms with Crippen LogP contribution in [-0.2, 0) is 5.41 Å². The third-order valence-corrected chi connectivity index (χ3v) is 4.20. The summed E-state index contributed by atoms with van der Waals surface area (Å²) in [6.07, 6.45) is 0.630. The second kappa shape index (κ2) is 3.34. The average molecular weight is 232 g/mol. The van der Waals surface area contributed by atoms with Gasteiger partial charge in [-0.05, 0) is 22.8 Å². The van der Waals surface area contributed by atoms with Gasteiger partial charge in [-0.25, -0.2) is 0 Å². The van der Waals surface area contributed by atoms with Crippen molar-refractivity contribution in [3.8, 4) is 12.1 Å². The Bertz CT molecular complexity index is 704. The number of rotatable bonds is 1. The van der Waals surface area contributed by atoms with Gasteiger partial charge >= 0.3 is 0 Å². The van der Waals surface area contributed by atoms with Crippen LogP contribution < -0.4 is 0 Å². The normalized spacial score (nSPS) is 24.2. The van der Waals surface area contributed by atoms with Crippen molar-refractivity contribution >= 4 is 10.8 Å². The van der Waals surface area contributed by atoms with E-state index in [4.69, 9.17) is 0 Å². The third kappa shape index (κ3) is 1.21. The fourth-order valence-corrected chi connectivity index (χ4v) is 2.72. The number of hydrogen-bond donors (Lipinski definition) is 0. The van der Waals surface area contributed by atoms with Crippen LogP contribution in [-0.4, -0.2) is 0 Å². The predicted molar refractivity (Wildman–Crippen MR) is 69.6 cm³/mol. The van der Waals surface area contributed by atoms with Gasteiger partial charge < -0.3 is 0 Å². The number of fused-ring (bicyclic) bond motifs is 1. The van der Waals surface area contributed by atoms with Crippen molar-refractivity contribution in [2.24, 2.45) is 5.41 Å². The van der Waals surface area contributed by atoms with Gasteiger partial charge in [-0.1, -0.05) is 49.4 Å². The van der Waals surface area contributed by atoms with E-state index in [1.807, 2.05) is 25.1 Å². The molecule has 1 fully saturated rings. The lowest BCUT2D eigenvalue weighted by molar-refractivity contribution is 0.666. The van der Waals surface area contributed by atoms with Crippen LogP contribution >= 0.6 is 0 Å². The summed E-state index contributed by atoms with van der Waals surface area (Å²) < 4.78 is 0. The van der Waals surface area contributed by atoms with Crippen LogP contribution in [0.25, 0.3) is 10.8 Å². The molecule has 2 heteroatoms. The molecular weight excluding hydrogens is 220 g/mol. The third-order valence-electron chi connectivity index (χ3n) is 4.20. The summed E-state index contributed by atoms with van der Waals surface area (Å²) in [4.78, 5) is 0. The van der Waals surface area contributed by atoms with Crippen LogP contribution in [0.15, 0.2) is 42.5 Å². The Balaban J connectivity index is 2.13. The maximum atomic E-state index is 9.19. The fourth-order valence-electron chi connectivity index (χ4n) is 2.72. The van der Waals surface area contributed by atoms with Crippen LogP contribution in [0.1, 0.15) is 18.9 Å². The SMILES string of the molecule is CC1(c2ccc3ccccc3c2)CC1(C#N)C#N. The minimum Gasteiger partial charge on any atom is -0.197 e. The van der Waals surface area contributed by atoms with Crippen molar-refractivity contribution in [2.75, 3.05) is 0 Å². The summed E-state index contributed by atoms with van der Waals surface area (Å²) in [6, 6.07) is 18.7. The molecule has 1 aliphatic rings. The maximum absolute atomic E-state index is 9.19. The molecule has 2 aromatic carbocycles. The molecule has 0 saturated heterocycles. The van der Waals surface area contributed by atoms with Crippen LogP contribution in [0.5, 0.6) is 0 Å². The topological polar surface area (TPSA) is 47.6 Å². The molecular formula is C16H12N2. The molecule has 0 N–H and O–H groups in total. The van der Waals surface area contributed by atoms with Crippen LogP contribution in [0.4, 0.5) is 0 Å². The van der Waals surface area contributed by atoms with Crippen molar-refractivity contribution < 1.29 is 0 Å². The predicted octanol–water partition coefficient (Wildman–Crippen LogP) is 3.53. The Kier molecular flexibility index (Phi) is 2.01. The average Bonchev–Trinajstić information content (AvgIpc) is 3.06. The largest absolute Gasteiger partial charge is 0.197 e. The molecule has 0 aliphatic heterocycles. The first-order chi connectivity index (χ1) is 8.65. The molecule has 0 bridgehead atoms. The quantitative estimate of drug-likeness (QED) is 0.755. The standard InChI is InChI=1S/C16H12N2/c1-15(9-16(15,10-17)11-18)14-7-6-12-4-2-3-5-13(12)8-14/h2-8H,9H2,1H3. The highest BCUT2D eigenvalue weighted by Gasteiger charge is 2.67. The fraction of sp³-hybridized carbons (Fsp3) is 0.250. The Morgan fingerprint density at radius 3 is 2.28 bits per heavy atom. The zero-order valence-corrected chi connectivity index (χ0v) is 10.1. The van der Waals surface area contributed by atoms with Gasteiger partial charge in [0.25, 0.3) is 0 Å². The zero-order chi connectivity index (χ0) is 12.8. The summed E-state index contributed by atoms with van der Waals surface area (Å²) in [7, 11) is 0. The van der Waals surface area contributed by atoms with E-state index >= 15 is 0 Å². The highest BCUT2D eigenvalue weighted by atomic mass is 14.7. The number of nitriles is 2. The smallest absolute Gasteiger partial charge is 0.154 e. The monoisotopic (exact) mass is 232 g/mol. The van der Waals surface area contributed by atoms with Gasteiger partial charge in [-0.2, -0.15) is 10.5 Å². The minimum absolute atomic E-state index is 0.319. The second-order valence-electron chi connectivity index (χ2n) is 5.20. The lowest BCUT2D eigenvalue weighted by Crippen LogP contribution is -2.11. The van der Waals surface area contributed by atoms with Gasteiger partial charge in [0.2, 0.25) is 0 Å². The van der Waals surface area contributed by atoms with E-state index < -0.39 is 5.41 Å². The first-order valence-corrected chi connectivity index (χ1v) is 5.97. The molecule has 18 heavy (non-hydrogen) atoms. The van der Waals surface area contributed by atoms with E-state index in [-0.39, 0.29) is 5.41 Å². The molecule has 1 atom stereocenters. The molecule has 0 amide bonds. The molecule has 3 rings (SSSR count). The Labute approximate surface area is 106 Å². The van der Waals surface area contributed by atoms with Gasteiger partial charge in [-0.15, -0.1) is 0 Å². The van der Waals surface area contributed by atoms with E-state index in [1.54, 1.807) is 0 Å². The van der Waals surface area contributed by atoms with Gasteiger partial charge in [0.15, 0.2) is 5.41 Å².